The number of rotatable bonds is 6. The largest absolute Gasteiger partial charge is 0.452 e. The molecule has 56 heavy (non-hydrogen) atoms. The fraction of sp³-hybridized carbons (Fsp3) is 0.0189. The Labute approximate surface area is 325 Å². The fourth-order valence-electron chi connectivity index (χ4n) is 8.91. The number of benzene rings is 8. The van der Waals surface area contributed by atoms with E-state index < -0.39 is 5.41 Å². The number of para-hydroxylation sites is 1. The Morgan fingerprint density at radius 2 is 0.964 bits per heavy atom. The molecular weight excluding hydrogens is 681 g/mol. The third-order valence-corrected chi connectivity index (χ3v) is 11.4. The lowest BCUT2D eigenvalue weighted by molar-refractivity contribution is 0.667. The zero-order valence-corrected chi connectivity index (χ0v) is 30.4. The quantitative estimate of drug-likeness (QED) is 0.172. The van der Waals surface area contributed by atoms with Crippen LogP contribution in [0.1, 0.15) is 22.3 Å². The third kappa shape index (κ3) is 4.91. The Bertz CT molecular complexity index is 3020. The molecule has 3 heteroatoms. The van der Waals surface area contributed by atoms with E-state index in [2.05, 4.69) is 182 Å². The first-order chi connectivity index (χ1) is 27.8. The lowest BCUT2D eigenvalue weighted by Gasteiger charge is -2.34. The van der Waals surface area contributed by atoms with Crippen LogP contribution < -0.4 is 0 Å². The van der Waals surface area contributed by atoms with Crippen LogP contribution in [0.5, 0.6) is 0 Å². The van der Waals surface area contributed by atoms with Crippen LogP contribution in [0.15, 0.2) is 211 Å². The second kappa shape index (κ2) is 12.9. The number of fused-ring (bicyclic) bond motifs is 6. The molecule has 0 unspecified atom stereocenters. The van der Waals surface area contributed by atoms with Crippen molar-refractivity contribution >= 4 is 22.1 Å². The molecule has 2 heterocycles. The van der Waals surface area contributed by atoms with Crippen LogP contribution in [0.4, 0.5) is 0 Å². The van der Waals surface area contributed by atoms with Crippen LogP contribution >= 0.6 is 0 Å². The zero-order valence-electron chi connectivity index (χ0n) is 30.4. The first-order valence-corrected chi connectivity index (χ1v) is 19.1. The van der Waals surface area contributed by atoms with Crippen LogP contribution in [-0.2, 0) is 5.41 Å². The van der Waals surface area contributed by atoms with Crippen molar-refractivity contribution in [2.45, 2.75) is 5.41 Å². The zero-order chi connectivity index (χ0) is 37.1. The number of nitrogens with zero attached hydrogens (tertiary/aromatic N) is 2. The van der Waals surface area contributed by atoms with Crippen molar-refractivity contribution in [3.63, 3.8) is 0 Å². The van der Waals surface area contributed by atoms with Crippen LogP contribution in [-0.4, -0.2) is 9.97 Å². The summed E-state index contributed by atoms with van der Waals surface area (Å²) in [4.78, 5) is 11.0. The number of aromatic nitrogens is 2. The topological polar surface area (TPSA) is 38.9 Å². The summed E-state index contributed by atoms with van der Waals surface area (Å²) in [5.74, 6) is 0.650. The SMILES string of the molecule is c1ccc(-c2cccc(-c3nc(-c4cc5c(cc4-c4ccccc4)-c4ccccc4C5(c4ccccc4)c4ccccc4)nc4c3oc3ccccc34)c2)cc1. The van der Waals surface area contributed by atoms with Gasteiger partial charge in [-0.25, -0.2) is 9.97 Å². The van der Waals surface area contributed by atoms with E-state index in [9.17, 15) is 0 Å². The summed E-state index contributed by atoms with van der Waals surface area (Å²) < 4.78 is 6.63. The molecule has 0 fully saturated rings. The maximum absolute atomic E-state index is 6.63. The van der Waals surface area contributed by atoms with Crippen LogP contribution in [0, 0.1) is 0 Å². The predicted octanol–water partition coefficient (Wildman–Crippen LogP) is 13.4. The second-order valence-electron chi connectivity index (χ2n) is 14.5. The molecular formula is C53H34N2O. The standard InChI is InChI=1S/C53H34N2O/c1-5-18-35(19-6-1)37-22-17-23-38(32-37)49-51-50(42-29-14-16-31-48(42)56-51)55-52(54-49)45-34-47-44(33-43(45)36-20-7-2-8-21-36)41-28-13-15-30-46(41)53(47,39-24-9-3-10-25-39)40-26-11-4-12-27-40/h1-34H. The highest BCUT2D eigenvalue weighted by molar-refractivity contribution is 6.07. The molecule has 262 valence electrons. The molecule has 1 aliphatic rings. The minimum Gasteiger partial charge on any atom is -0.452 e. The normalized spacial score (nSPS) is 12.8. The average molecular weight is 715 g/mol. The van der Waals surface area contributed by atoms with E-state index in [1.54, 1.807) is 0 Å². The predicted molar refractivity (Wildman–Crippen MR) is 228 cm³/mol. The maximum atomic E-state index is 6.63. The average Bonchev–Trinajstić information content (AvgIpc) is 3.80. The van der Waals surface area contributed by atoms with Gasteiger partial charge in [0.15, 0.2) is 11.4 Å². The molecule has 10 aromatic rings. The van der Waals surface area contributed by atoms with Gasteiger partial charge in [0.25, 0.3) is 0 Å². The van der Waals surface area contributed by atoms with Gasteiger partial charge in [-0.3, -0.25) is 0 Å². The van der Waals surface area contributed by atoms with E-state index in [0.29, 0.717) is 11.4 Å². The number of hydrogen-bond donors (Lipinski definition) is 0. The molecule has 8 aromatic carbocycles. The highest BCUT2D eigenvalue weighted by Crippen LogP contribution is 2.58. The summed E-state index contributed by atoms with van der Waals surface area (Å²) in [7, 11) is 0. The van der Waals surface area contributed by atoms with Gasteiger partial charge in [-0.2, -0.15) is 0 Å². The summed E-state index contributed by atoms with van der Waals surface area (Å²) in [6.45, 7) is 0. The molecule has 0 saturated carbocycles. The maximum Gasteiger partial charge on any atom is 0.180 e. The van der Waals surface area contributed by atoms with Gasteiger partial charge in [-0.05, 0) is 86.0 Å². The summed E-state index contributed by atoms with van der Waals surface area (Å²) in [6, 6.07) is 73.4. The van der Waals surface area contributed by atoms with E-state index >= 15 is 0 Å². The molecule has 0 N–H and O–H groups in total. The molecule has 0 aliphatic heterocycles. The Morgan fingerprint density at radius 3 is 1.70 bits per heavy atom. The van der Waals surface area contributed by atoms with Gasteiger partial charge in [0, 0.05) is 16.5 Å². The number of furan rings is 1. The van der Waals surface area contributed by atoms with Crippen LogP contribution in [0.2, 0.25) is 0 Å². The smallest absolute Gasteiger partial charge is 0.180 e. The summed E-state index contributed by atoms with van der Waals surface area (Å²) in [5.41, 5.74) is 16.2. The van der Waals surface area contributed by atoms with Crippen LogP contribution in [0.25, 0.3) is 78.1 Å². The Morgan fingerprint density at radius 1 is 0.375 bits per heavy atom. The van der Waals surface area contributed by atoms with Gasteiger partial charge in [-0.1, -0.05) is 176 Å². The van der Waals surface area contributed by atoms with Gasteiger partial charge < -0.3 is 4.42 Å². The van der Waals surface area contributed by atoms with Crippen molar-refractivity contribution in [3.8, 4) is 56.0 Å². The van der Waals surface area contributed by atoms with Gasteiger partial charge in [-0.15, -0.1) is 0 Å². The van der Waals surface area contributed by atoms with Crippen molar-refractivity contribution < 1.29 is 4.42 Å². The van der Waals surface area contributed by atoms with E-state index in [1.165, 1.54) is 33.4 Å². The fourth-order valence-corrected chi connectivity index (χ4v) is 8.91. The van der Waals surface area contributed by atoms with Gasteiger partial charge in [0.2, 0.25) is 0 Å². The van der Waals surface area contributed by atoms with Crippen molar-refractivity contribution in [2.24, 2.45) is 0 Å². The van der Waals surface area contributed by atoms with Crippen molar-refractivity contribution in [2.75, 3.05) is 0 Å². The van der Waals surface area contributed by atoms with E-state index in [4.69, 9.17) is 14.4 Å². The first kappa shape index (κ1) is 32.1. The lowest BCUT2D eigenvalue weighted by Crippen LogP contribution is -2.28. The minimum atomic E-state index is -0.572. The highest BCUT2D eigenvalue weighted by atomic mass is 16.3. The van der Waals surface area contributed by atoms with E-state index in [1.807, 2.05) is 24.3 Å². The highest BCUT2D eigenvalue weighted by Gasteiger charge is 2.46. The van der Waals surface area contributed by atoms with Crippen LogP contribution in [0.3, 0.4) is 0 Å². The van der Waals surface area contributed by atoms with E-state index in [-0.39, 0.29) is 0 Å². The molecule has 3 nitrogen and oxygen atoms in total. The molecule has 0 amide bonds. The monoisotopic (exact) mass is 714 g/mol. The summed E-state index contributed by atoms with van der Waals surface area (Å²) in [6.07, 6.45) is 0. The summed E-state index contributed by atoms with van der Waals surface area (Å²) in [5, 5.41) is 0.962. The van der Waals surface area contributed by atoms with Crippen molar-refractivity contribution in [1.82, 2.24) is 9.97 Å². The van der Waals surface area contributed by atoms with Gasteiger partial charge >= 0.3 is 0 Å². The van der Waals surface area contributed by atoms with Crippen molar-refractivity contribution in [1.29, 1.82) is 0 Å². The molecule has 1 aliphatic carbocycles. The molecule has 0 spiro atoms. The Hall–Kier alpha value is -7.36. The van der Waals surface area contributed by atoms with Crippen molar-refractivity contribution in [3.05, 3.63) is 229 Å². The second-order valence-corrected chi connectivity index (χ2v) is 14.5. The van der Waals surface area contributed by atoms with E-state index in [0.717, 1.165) is 55.6 Å². The minimum absolute atomic E-state index is 0.572. The first-order valence-electron chi connectivity index (χ1n) is 19.1. The Balaban J connectivity index is 1.25. The molecule has 11 rings (SSSR count). The lowest BCUT2D eigenvalue weighted by atomic mass is 9.67. The molecule has 0 radical (unpaired) electrons. The third-order valence-electron chi connectivity index (χ3n) is 11.4. The number of hydrogen-bond acceptors (Lipinski definition) is 3. The molecule has 2 aromatic heterocycles. The Kier molecular flexibility index (Phi) is 7.39. The van der Waals surface area contributed by atoms with Gasteiger partial charge in [0.05, 0.1) is 5.41 Å². The summed E-state index contributed by atoms with van der Waals surface area (Å²) >= 11 is 0. The van der Waals surface area contributed by atoms with Gasteiger partial charge in [0.1, 0.15) is 16.8 Å². The molecule has 0 bridgehead atoms. The molecule has 0 atom stereocenters. The molecule has 0 saturated heterocycles.